The van der Waals surface area contributed by atoms with Crippen LogP contribution in [0.4, 0.5) is 0 Å². The van der Waals surface area contributed by atoms with Crippen molar-refractivity contribution in [3.05, 3.63) is 54.7 Å². The van der Waals surface area contributed by atoms with E-state index >= 15 is 0 Å². The van der Waals surface area contributed by atoms with Crippen LogP contribution in [-0.2, 0) is 0 Å². The molecule has 0 bridgehead atoms. The van der Waals surface area contributed by atoms with Gasteiger partial charge in [-0.25, -0.2) is 0 Å². The second-order valence-corrected chi connectivity index (χ2v) is 3.74. The lowest BCUT2D eigenvalue weighted by Crippen LogP contribution is -1.94. The summed E-state index contributed by atoms with van der Waals surface area (Å²) in [5, 5.41) is 3.96. The molecule has 4 heteroatoms. The Morgan fingerprint density at radius 1 is 1.06 bits per heavy atom. The van der Waals surface area contributed by atoms with Gasteiger partial charge in [0.2, 0.25) is 11.7 Å². The van der Waals surface area contributed by atoms with Gasteiger partial charge in [0.25, 0.3) is 0 Å². The molecule has 0 saturated heterocycles. The third-order valence-corrected chi connectivity index (χ3v) is 2.56. The topological polar surface area (TPSA) is 43.9 Å². The summed E-state index contributed by atoms with van der Waals surface area (Å²) in [7, 11) is 0. The summed E-state index contributed by atoms with van der Waals surface area (Å²) in [6.07, 6.45) is 3.98. The summed E-state index contributed by atoms with van der Waals surface area (Å²) in [6.45, 7) is 1.79. The van der Waals surface area contributed by atoms with Crippen molar-refractivity contribution >= 4 is 0 Å². The van der Waals surface area contributed by atoms with Gasteiger partial charge in [0.05, 0.1) is 5.69 Å². The molecule has 0 radical (unpaired) electrons. The fraction of sp³-hybridized carbons (Fsp3) is 0.0769. The molecule has 0 saturated carbocycles. The van der Waals surface area contributed by atoms with Crippen molar-refractivity contribution in [3.63, 3.8) is 0 Å². The molecule has 0 amide bonds. The van der Waals surface area contributed by atoms with Gasteiger partial charge in [0.1, 0.15) is 0 Å². The minimum atomic E-state index is 0.572. The molecule has 0 aliphatic heterocycles. The van der Waals surface area contributed by atoms with Crippen molar-refractivity contribution in [3.8, 4) is 17.1 Å². The summed E-state index contributed by atoms with van der Waals surface area (Å²) in [5.41, 5.74) is 2.00. The minimum Gasteiger partial charge on any atom is -0.339 e. The second kappa shape index (κ2) is 3.90. The van der Waals surface area contributed by atoms with Crippen molar-refractivity contribution in [1.82, 2.24) is 14.7 Å². The molecule has 3 aromatic rings. The average Bonchev–Trinajstić information content (AvgIpc) is 3.00. The number of para-hydroxylation sites is 1. The number of hydrogen-bond donors (Lipinski definition) is 0. The van der Waals surface area contributed by atoms with E-state index in [2.05, 4.69) is 10.1 Å². The molecular weight excluding hydrogens is 214 g/mol. The highest BCUT2D eigenvalue weighted by molar-refractivity contribution is 5.67. The molecule has 17 heavy (non-hydrogen) atoms. The maximum absolute atomic E-state index is 5.02. The van der Waals surface area contributed by atoms with Crippen molar-refractivity contribution in [2.75, 3.05) is 0 Å². The van der Waals surface area contributed by atoms with Crippen LogP contribution in [0, 0.1) is 6.92 Å². The molecule has 1 aromatic carbocycles. The predicted molar refractivity (Wildman–Crippen MR) is 63.8 cm³/mol. The van der Waals surface area contributed by atoms with Crippen molar-refractivity contribution in [1.29, 1.82) is 0 Å². The normalized spacial score (nSPS) is 10.6. The van der Waals surface area contributed by atoms with Gasteiger partial charge >= 0.3 is 0 Å². The van der Waals surface area contributed by atoms with E-state index < -0.39 is 0 Å². The monoisotopic (exact) mass is 225 g/mol. The van der Waals surface area contributed by atoms with Crippen LogP contribution >= 0.6 is 0 Å². The van der Waals surface area contributed by atoms with Crippen LogP contribution in [0.15, 0.2) is 53.3 Å². The summed E-state index contributed by atoms with van der Waals surface area (Å²) in [6, 6.07) is 11.9. The van der Waals surface area contributed by atoms with Gasteiger partial charge in [0, 0.05) is 24.9 Å². The highest BCUT2D eigenvalue weighted by Gasteiger charge is 2.10. The first kappa shape index (κ1) is 9.84. The van der Waals surface area contributed by atoms with Gasteiger partial charge < -0.3 is 9.09 Å². The van der Waals surface area contributed by atoms with Crippen molar-refractivity contribution in [2.45, 2.75) is 6.92 Å². The van der Waals surface area contributed by atoms with E-state index in [1.165, 1.54) is 0 Å². The highest BCUT2D eigenvalue weighted by atomic mass is 16.5. The highest BCUT2D eigenvalue weighted by Crippen LogP contribution is 2.24. The zero-order valence-electron chi connectivity index (χ0n) is 9.37. The standard InChI is InChI=1S/C13H11N3O/c1-10-14-13(15-17-10)11-6-2-3-7-12(11)16-8-4-5-9-16/h2-9H,1H3. The van der Waals surface area contributed by atoms with E-state index in [0.717, 1.165) is 11.3 Å². The number of aryl methyl sites for hydroxylation is 1. The molecule has 0 atom stereocenters. The first-order chi connectivity index (χ1) is 8.34. The zero-order chi connectivity index (χ0) is 11.7. The van der Waals surface area contributed by atoms with Gasteiger partial charge in [-0.1, -0.05) is 17.3 Å². The average molecular weight is 225 g/mol. The second-order valence-electron chi connectivity index (χ2n) is 3.74. The van der Waals surface area contributed by atoms with Crippen LogP contribution in [-0.4, -0.2) is 14.7 Å². The third kappa shape index (κ3) is 1.73. The SMILES string of the molecule is Cc1nc(-c2ccccc2-n2cccc2)no1. The Hall–Kier alpha value is -2.36. The number of hydrogen-bond acceptors (Lipinski definition) is 3. The Kier molecular flexibility index (Phi) is 2.26. The van der Waals surface area contributed by atoms with Crippen LogP contribution < -0.4 is 0 Å². The van der Waals surface area contributed by atoms with Crippen LogP contribution in [0.5, 0.6) is 0 Å². The number of aromatic nitrogens is 3. The zero-order valence-corrected chi connectivity index (χ0v) is 9.37. The van der Waals surface area contributed by atoms with E-state index in [1.807, 2.05) is 53.4 Å². The lowest BCUT2D eigenvalue weighted by molar-refractivity contribution is 0.394. The van der Waals surface area contributed by atoms with Crippen molar-refractivity contribution in [2.24, 2.45) is 0 Å². The summed E-state index contributed by atoms with van der Waals surface area (Å²) >= 11 is 0. The third-order valence-electron chi connectivity index (χ3n) is 2.56. The van der Waals surface area contributed by atoms with Gasteiger partial charge in [-0.15, -0.1) is 0 Å². The lowest BCUT2D eigenvalue weighted by Gasteiger charge is -2.06. The Balaban J connectivity index is 2.17. The van der Waals surface area contributed by atoms with Crippen LogP contribution in [0.1, 0.15) is 5.89 Å². The van der Waals surface area contributed by atoms with Crippen LogP contribution in [0.2, 0.25) is 0 Å². The van der Waals surface area contributed by atoms with Crippen molar-refractivity contribution < 1.29 is 4.52 Å². The summed E-state index contributed by atoms with van der Waals surface area (Å²) in [5.74, 6) is 1.19. The lowest BCUT2D eigenvalue weighted by atomic mass is 10.1. The maximum Gasteiger partial charge on any atom is 0.223 e. The molecule has 2 heterocycles. The van der Waals surface area contributed by atoms with Gasteiger partial charge in [-0.2, -0.15) is 4.98 Å². The fourth-order valence-electron chi connectivity index (χ4n) is 1.79. The molecule has 0 spiro atoms. The molecule has 0 aliphatic carbocycles. The summed E-state index contributed by atoms with van der Waals surface area (Å²) in [4.78, 5) is 4.26. The predicted octanol–water partition coefficient (Wildman–Crippen LogP) is 2.84. The van der Waals surface area contributed by atoms with E-state index in [0.29, 0.717) is 11.7 Å². The van der Waals surface area contributed by atoms with Crippen LogP contribution in [0.25, 0.3) is 17.1 Å². The Morgan fingerprint density at radius 3 is 2.53 bits per heavy atom. The fourth-order valence-corrected chi connectivity index (χ4v) is 1.79. The van der Waals surface area contributed by atoms with E-state index in [4.69, 9.17) is 4.52 Å². The van der Waals surface area contributed by atoms with E-state index in [1.54, 1.807) is 6.92 Å². The Bertz CT molecular complexity index is 626. The Morgan fingerprint density at radius 2 is 1.82 bits per heavy atom. The molecule has 3 rings (SSSR count). The smallest absolute Gasteiger partial charge is 0.223 e. The minimum absolute atomic E-state index is 0.572. The van der Waals surface area contributed by atoms with E-state index in [-0.39, 0.29) is 0 Å². The number of benzene rings is 1. The van der Waals surface area contributed by atoms with Gasteiger partial charge in [-0.3, -0.25) is 0 Å². The molecule has 2 aromatic heterocycles. The number of rotatable bonds is 2. The molecule has 4 nitrogen and oxygen atoms in total. The van der Waals surface area contributed by atoms with Gasteiger partial charge in [0.15, 0.2) is 0 Å². The van der Waals surface area contributed by atoms with Gasteiger partial charge in [-0.05, 0) is 24.3 Å². The van der Waals surface area contributed by atoms with Crippen LogP contribution in [0.3, 0.4) is 0 Å². The Labute approximate surface area is 98.5 Å². The maximum atomic E-state index is 5.02. The largest absolute Gasteiger partial charge is 0.339 e. The quantitative estimate of drug-likeness (QED) is 0.673. The first-order valence-corrected chi connectivity index (χ1v) is 5.37. The first-order valence-electron chi connectivity index (χ1n) is 5.37. The van der Waals surface area contributed by atoms with E-state index in [9.17, 15) is 0 Å². The molecule has 0 fully saturated rings. The molecule has 0 N–H and O–H groups in total. The molecular formula is C13H11N3O. The number of nitrogens with zero attached hydrogens (tertiary/aromatic N) is 3. The molecule has 0 unspecified atom stereocenters. The summed E-state index contributed by atoms with van der Waals surface area (Å²) < 4.78 is 7.05. The molecule has 84 valence electrons. The molecule has 0 aliphatic rings.